The van der Waals surface area contributed by atoms with Gasteiger partial charge < -0.3 is 9.84 Å². The van der Waals surface area contributed by atoms with E-state index in [1.54, 1.807) is 0 Å². The van der Waals surface area contributed by atoms with Crippen molar-refractivity contribution in [2.24, 2.45) is 5.92 Å². The molecule has 2 bridgehead atoms. The average molecular weight is 166 g/mol. The standard InChI is InChI=1S/C10H14O2/c11-10-3-1-2-7(4-10)8-5-12-6-9(8)10/h7,11H,1-6H2/t7-,10-/m0/s1. The van der Waals surface area contributed by atoms with Gasteiger partial charge in [-0.3, -0.25) is 0 Å². The third-order valence-electron chi connectivity index (χ3n) is 3.67. The Bertz CT molecular complexity index is 257. The van der Waals surface area contributed by atoms with E-state index in [4.69, 9.17) is 4.74 Å². The molecule has 2 aliphatic carbocycles. The number of hydrogen-bond donors (Lipinski definition) is 1. The first-order valence-electron chi connectivity index (χ1n) is 4.82. The largest absolute Gasteiger partial charge is 0.385 e. The first kappa shape index (κ1) is 7.10. The summed E-state index contributed by atoms with van der Waals surface area (Å²) in [5.41, 5.74) is 2.23. The molecular weight excluding hydrogens is 152 g/mol. The summed E-state index contributed by atoms with van der Waals surface area (Å²) in [5, 5.41) is 10.3. The molecule has 0 aromatic rings. The van der Waals surface area contributed by atoms with Crippen molar-refractivity contribution in [2.75, 3.05) is 13.2 Å². The van der Waals surface area contributed by atoms with E-state index >= 15 is 0 Å². The van der Waals surface area contributed by atoms with Crippen molar-refractivity contribution in [3.8, 4) is 0 Å². The molecular formula is C10H14O2. The first-order valence-corrected chi connectivity index (χ1v) is 4.82. The fourth-order valence-electron chi connectivity index (χ4n) is 3.06. The van der Waals surface area contributed by atoms with Crippen molar-refractivity contribution in [1.82, 2.24) is 0 Å². The Morgan fingerprint density at radius 2 is 2.33 bits per heavy atom. The minimum Gasteiger partial charge on any atom is -0.385 e. The second-order valence-electron chi connectivity index (χ2n) is 4.32. The van der Waals surface area contributed by atoms with Crippen LogP contribution in [-0.2, 0) is 4.74 Å². The van der Waals surface area contributed by atoms with E-state index in [-0.39, 0.29) is 0 Å². The van der Waals surface area contributed by atoms with E-state index in [0.29, 0.717) is 12.5 Å². The Morgan fingerprint density at radius 3 is 3.25 bits per heavy atom. The van der Waals surface area contributed by atoms with Crippen molar-refractivity contribution in [1.29, 1.82) is 0 Å². The lowest BCUT2D eigenvalue weighted by molar-refractivity contribution is 0.0235. The molecule has 66 valence electrons. The maximum atomic E-state index is 10.3. The Morgan fingerprint density at radius 1 is 1.42 bits per heavy atom. The molecule has 0 amide bonds. The number of rotatable bonds is 0. The van der Waals surface area contributed by atoms with Crippen molar-refractivity contribution >= 4 is 0 Å². The Balaban J connectivity index is 2.06. The fourth-order valence-corrected chi connectivity index (χ4v) is 3.06. The van der Waals surface area contributed by atoms with Crippen LogP contribution in [0.2, 0.25) is 0 Å². The molecule has 1 aliphatic heterocycles. The second kappa shape index (κ2) is 2.12. The van der Waals surface area contributed by atoms with Crippen LogP contribution in [0.5, 0.6) is 0 Å². The Labute approximate surface area is 72.2 Å². The summed E-state index contributed by atoms with van der Waals surface area (Å²) in [6, 6.07) is 0. The predicted molar refractivity (Wildman–Crippen MR) is 44.8 cm³/mol. The van der Waals surface area contributed by atoms with E-state index in [0.717, 1.165) is 19.4 Å². The van der Waals surface area contributed by atoms with E-state index in [1.165, 1.54) is 24.0 Å². The van der Waals surface area contributed by atoms with Gasteiger partial charge in [0, 0.05) is 0 Å². The zero-order valence-electron chi connectivity index (χ0n) is 7.18. The Kier molecular flexibility index (Phi) is 1.25. The first-order chi connectivity index (χ1) is 5.80. The Hall–Kier alpha value is -0.340. The van der Waals surface area contributed by atoms with Crippen LogP contribution in [0.1, 0.15) is 25.7 Å². The van der Waals surface area contributed by atoms with Crippen LogP contribution >= 0.6 is 0 Å². The van der Waals surface area contributed by atoms with Crippen LogP contribution in [0, 0.1) is 5.92 Å². The zero-order valence-corrected chi connectivity index (χ0v) is 7.18. The van der Waals surface area contributed by atoms with Gasteiger partial charge in [-0.2, -0.15) is 0 Å². The number of hydrogen-bond acceptors (Lipinski definition) is 2. The van der Waals surface area contributed by atoms with Gasteiger partial charge in [-0.05, 0) is 42.7 Å². The molecule has 0 saturated heterocycles. The van der Waals surface area contributed by atoms with Crippen LogP contribution < -0.4 is 0 Å². The van der Waals surface area contributed by atoms with E-state index in [2.05, 4.69) is 0 Å². The normalized spacial score (nSPS) is 45.2. The molecule has 0 radical (unpaired) electrons. The molecule has 2 heteroatoms. The van der Waals surface area contributed by atoms with Crippen LogP contribution in [-0.4, -0.2) is 23.9 Å². The molecule has 0 spiro atoms. The molecule has 1 saturated carbocycles. The van der Waals surface area contributed by atoms with Crippen molar-refractivity contribution in [3.63, 3.8) is 0 Å². The SMILES string of the molecule is O[C@@]12CCC[C@@H](C1)C1=C2COC1. The maximum absolute atomic E-state index is 10.3. The highest BCUT2D eigenvalue weighted by Gasteiger charge is 2.48. The van der Waals surface area contributed by atoms with Crippen LogP contribution in [0.25, 0.3) is 0 Å². The quantitative estimate of drug-likeness (QED) is 0.549. The van der Waals surface area contributed by atoms with Gasteiger partial charge in [-0.15, -0.1) is 0 Å². The second-order valence-corrected chi connectivity index (χ2v) is 4.32. The van der Waals surface area contributed by atoms with Gasteiger partial charge >= 0.3 is 0 Å². The molecule has 3 rings (SSSR count). The van der Waals surface area contributed by atoms with Gasteiger partial charge in [-0.25, -0.2) is 0 Å². The summed E-state index contributed by atoms with van der Waals surface area (Å²) in [7, 11) is 0. The molecule has 0 aromatic carbocycles. The average Bonchev–Trinajstić information content (AvgIpc) is 2.57. The smallest absolute Gasteiger partial charge is 0.0888 e. The van der Waals surface area contributed by atoms with E-state index in [1.807, 2.05) is 0 Å². The monoisotopic (exact) mass is 166 g/mol. The lowest BCUT2D eigenvalue weighted by Gasteiger charge is -2.31. The summed E-state index contributed by atoms with van der Waals surface area (Å²) in [4.78, 5) is 0. The topological polar surface area (TPSA) is 29.5 Å². The fraction of sp³-hybridized carbons (Fsp3) is 0.800. The summed E-state index contributed by atoms with van der Waals surface area (Å²) in [6.07, 6.45) is 4.41. The van der Waals surface area contributed by atoms with E-state index in [9.17, 15) is 5.11 Å². The maximum Gasteiger partial charge on any atom is 0.0888 e. The van der Waals surface area contributed by atoms with Gasteiger partial charge in [0.25, 0.3) is 0 Å². The zero-order chi connectivity index (χ0) is 8.18. The van der Waals surface area contributed by atoms with Gasteiger partial charge in [-0.1, -0.05) is 0 Å². The molecule has 1 fully saturated rings. The molecule has 2 atom stereocenters. The van der Waals surface area contributed by atoms with Crippen LogP contribution in [0.4, 0.5) is 0 Å². The molecule has 3 aliphatic rings. The van der Waals surface area contributed by atoms with Gasteiger partial charge in [0.15, 0.2) is 0 Å². The number of ether oxygens (including phenoxy) is 1. The van der Waals surface area contributed by atoms with Crippen molar-refractivity contribution in [2.45, 2.75) is 31.3 Å². The highest BCUT2D eigenvalue weighted by molar-refractivity contribution is 5.37. The lowest BCUT2D eigenvalue weighted by Crippen LogP contribution is -2.33. The van der Waals surface area contributed by atoms with E-state index < -0.39 is 5.60 Å². The third kappa shape index (κ3) is 0.723. The lowest BCUT2D eigenvalue weighted by atomic mass is 9.81. The van der Waals surface area contributed by atoms with Crippen molar-refractivity contribution in [3.05, 3.63) is 11.1 Å². The highest BCUT2D eigenvalue weighted by atomic mass is 16.5. The van der Waals surface area contributed by atoms with Gasteiger partial charge in [0.1, 0.15) is 0 Å². The number of fused-ring (bicyclic) bond motifs is 4. The minimum atomic E-state index is -0.450. The predicted octanol–water partition coefficient (Wildman–Crippen LogP) is 1.25. The molecule has 2 nitrogen and oxygen atoms in total. The molecule has 1 heterocycles. The molecule has 12 heavy (non-hydrogen) atoms. The van der Waals surface area contributed by atoms with Crippen molar-refractivity contribution < 1.29 is 9.84 Å². The van der Waals surface area contributed by atoms with Gasteiger partial charge in [0.05, 0.1) is 18.8 Å². The summed E-state index contributed by atoms with van der Waals surface area (Å²) in [5.74, 6) is 0.654. The molecule has 1 N–H and O–H groups in total. The summed E-state index contributed by atoms with van der Waals surface area (Å²) in [6.45, 7) is 1.49. The van der Waals surface area contributed by atoms with Crippen LogP contribution in [0.15, 0.2) is 11.1 Å². The molecule has 0 unspecified atom stereocenters. The van der Waals surface area contributed by atoms with Gasteiger partial charge in [0.2, 0.25) is 0 Å². The minimum absolute atomic E-state index is 0.450. The summed E-state index contributed by atoms with van der Waals surface area (Å²) >= 11 is 0. The summed E-state index contributed by atoms with van der Waals surface area (Å²) < 4.78 is 5.38. The third-order valence-corrected chi connectivity index (χ3v) is 3.67. The molecule has 0 aromatic heterocycles. The highest BCUT2D eigenvalue weighted by Crippen LogP contribution is 2.50. The van der Waals surface area contributed by atoms with Crippen LogP contribution in [0.3, 0.4) is 0 Å². The number of aliphatic hydroxyl groups is 1.